The highest BCUT2D eigenvalue weighted by molar-refractivity contribution is 6.26. The second kappa shape index (κ2) is 21.6. The molecule has 0 saturated heterocycles. The molecule has 1 aliphatic heterocycles. The summed E-state index contributed by atoms with van der Waals surface area (Å²) >= 11 is 0. The van der Waals surface area contributed by atoms with E-state index in [0.29, 0.717) is 28.7 Å². The highest BCUT2D eigenvalue weighted by Gasteiger charge is 2.31. The zero-order valence-corrected chi connectivity index (χ0v) is 29.5. The van der Waals surface area contributed by atoms with E-state index in [2.05, 4.69) is 28.2 Å². The number of unbranched alkanes of at least 4 members (excludes halogenated alkanes) is 10. The number of carbonyl (C=O) groups excluding carboxylic acids is 5. The summed E-state index contributed by atoms with van der Waals surface area (Å²) in [5, 5.41) is 30.2. The van der Waals surface area contributed by atoms with Crippen LogP contribution in [-0.2, 0) is 30.4 Å². The zero-order valence-electron chi connectivity index (χ0n) is 29.5. The summed E-state index contributed by atoms with van der Waals surface area (Å²) in [6.07, 6.45) is 13.2. The predicted molar refractivity (Wildman–Crippen MR) is 193 cm³/mol. The minimum atomic E-state index is -1.21. The topological polar surface area (TPSA) is 177 Å². The van der Waals surface area contributed by atoms with Gasteiger partial charge in [-0.05, 0) is 35.2 Å². The summed E-state index contributed by atoms with van der Waals surface area (Å²) in [7, 11) is 2.22. The van der Waals surface area contributed by atoms with Gasteiger partial charge in [-0.15, -0.1) is 0 Å². The van der Waals surface area contributed by atoms with Gasteiger partial charge in [-0.2, -0.15) is 0 Å². The quantitative estimate of drug-likeness (QED) is 0.103. The summed E-state index contributed by atoms with van der Waals surface area (Å²) in [4.78, 5) is 66.4. The fraction of sp³-hybridized carbons (Fsp3) is 0.541. The third-order valence-corrected chi connectivity index (χ3v) is 8.93. The van der Waals surface area contributed by atoms with Gasteiger partial charge < -0.3 is 36.3 Å². The Morgan fingerprint density at radius 2 is 1.60 bits per heavy atom. The first-order chi connectivity index (χ1) is 24.1. The van der Waals surface area contributed by atoms with Crippen LogP contribution in [0.3, 0.4) is 0 Å². The molecule has 3 rings (SSSR count). The van der Waals surface area contributed by atoms with Crippen molar-refractivity contribution in [2.45, 2.75) is 102 Å². The Balaban J connectivity index is 1.66. The molecule has 1 radical (unpaired) electrons. The number of hydrogen-bond donors (Lipinski definition) is 6. The molecule has 13 heteroatoms. The lowest BCUT2D eigenvalue weighted by Gasteiger charge is -2.29. The average molecular weight is 691 g/mol. The van der Waals surface area contributed by atoms with E-state index in [-0.39, 0.29) is 31.1 Å². The third kappa shape index (κ3) is 13.1. The maximum absolute atomic E-state index is 13.6. The van der Waals surface area contributed by atoms with Crippen LogP contribution in [-0.4, -0.2) is 84.7 Å². The predicted octanol–water partition coefficient (Wildman–Crippen LogP) is 3.22. The van der Waals surface area contributed by atoms with Gasteiger partial charge in [0.05, 0.1) is 13.1 Å². The van der Waals surface area contributed by atoms with Gasteiger partial charge in [0.25, 0.3) is 0 Å². The molecule has 0 aliphatic carbocycles. The standard InChI is InChI=1S/C37H53BN5O7/c1-3-4-5-6-7-8-9-10-11-12-13-17-32(45)39-24-34(47)43(2)35-28-18-19-31(44)29(22-28)27-16-14-15-26(20-27)21-30(36(48)41-25-38-50)42-33(46)23-40-37(35)49/h14-16,18-20,22,30,35,44,50H,3-13,17,21,23-25H2,1-2H3,(H,39,45)(H,40,49)(H,41,48)(H,42,46). The van der Waals surface area contributed by atoms with Crippen LogP contribution >= 0.6 is 0 Å². The Morgan fingerprint density at radius 1 is 0.920 bits per heavy atom. The van der Waals surface area contributed by atoms with Crippen molar-refractivity contribution >= 4 is 37.0 Å². The van der Waals surface area contributed by atoms with Crippen LogP contribution < -0.4 is 21.3 Å². The van der Waals surface area contributed by atoms with Crippen LogP contribution in [0.5, 0.6) is 5.75 Å². The largest absolute Gasteiger partial charge is 0.507 e. The Bertz CT molecular complexity index is 1440. The highest BCUT2D eigenvalue weighted by atomic mass is 16.3. The monoisotopic (exact) mass is 690 g/mol. The fourth-order valence-electron chi connectivity index (χ4n) is 6.08. The van der Waals surface area contributed by atoms with E-state index < -0.39 is 42.3 Å². The Labute approximate surface area is 296 Å². The number of nitrogens with one attached hydrogen (secondary N) is 4. The summed E-state index contributed by atoms with van der Waals surface area (Å²) in [6, 6.07) is 9.42. The minimum absolute atomic E-state index is 0.0538. The molecule has 0 fully saturated rings. The van der Waals surface area contributed by atoms with Crippen LogP contribution in [0.15, 0.2) is 42.5 Å². The number of fused-ring (bicyclic) bond motifs is 5. The number of aromatic hydroxyl groups is 1. The maximum atomic E-state index is 13.6. The van der Waals surface area contributed by atoms with Crippen molar-refractivity contribution in [1.82, 2.24) is 26.2 Å². The van der Waals surface area contributed by atoms with E-state index in [9.17, 15) is 29.1 Å². The molecule has 2 aromatic rings. The smallest absolute Gasteiger partial charge is 0.308 e. The molecule has 6 N–H and O–H groups in total. The molecule has 2 aromatic carbocycles. The second-order valence-corrected chi connectivity index (χ2v) is 12.9. The molecule has 0 aromatic heterocycles. The summed E-state index contributed by atoms with van der Waals surface area (Å²) < 4.78 is 0. The van der Waals surface area contributed by atoms with Crippen molar-refractivity contribution in [3.63, 3.8) is 0 Å². The van der Waals surface area contributed by atoms with Crippen LogP contribution in [0.2, 0.25) is 0 Å². The number of carbonyl (C=O) groups is 5. The van der Waals surface area contributed by atoms with Crippen molar-refractivity contribution in [3.8, 4) is 16.9 Å². The number of phenols is 1. The van der Waals surface area contributed by atoms with Crippen molar-refractivity contribution < 1.29 is 34.1 Å². The normalized spacial score (nSPS) is 16.0. The summed E-state index contributed by atoms with van der Waals surface area (Å²) in [5.74, 6) is -2.64. The van der Waals surface area contributed by atoms with Crippen molar-refractivity contribution in [2.75, 3.05) is 26.6 Å². The zero-order chi connectivity index (χ0) is 36.3. The molecular weight excluding hydrogens is 637 g/mol. The molecule has 2 atom stereocenters. The number of amides is 5. The molecule has 50 heavy (non-hydrogen) atoms. The van der Waals surface area contributed by atoms with Gasteiger partial charge in [-0.25, -0.2) is 0 Å². The van der Waals surface area contributed by atoms with E-state index in [1.54, 1.807) is 30.3 Å². The van der Waals surface area contributed by atoms with E-state index >= 15 is 0 Å². The van der Waals surface area contributed by atoms with Crippen LogP contribution in [0.1, 0.15) is 101 Å². The molecular formula is C37H53BN5O7. The van der Waals surface area contributed by atoms with Gasteiger partial charge in [0.2, 0.25) is 29.5 Å². The van der Waals surface area contributed by atoms with Crippen molar-refractivity contribution in [2.24, 2.45) is 0 Å². The lowest BCUT2D eigenvalue weighted by atomic mass is 9.94. The molecule has 0 saturated carbocycles. The molecule has 1 aliphatic rings. The Morgan fingerprint density at radius 3 is 2.28 bits per heavy atom. The number of benzene rings is 2. The summed E-state index contributed by atoms with van der Waals surface area (Å²) in [6.45, 7) is 1.43. The molecule has 5 amide bonds. The lowest BCUT2D eigenvalue weighted by molar-refractivity contribution is -0.140. The first kappa shape index (κ1) is 40.0. The molecule has 0 spiro atoms. The maximum Gasteiger partial charge on any atom is 0.308 e. The van der Waals surface area contributed by atoms with E-state index in [1.165, 1.54) is 69.0 Å². The van der Waals surface area contributed by atoms with Crippen molar-refractivity contribution in [3.05, 3.63) is 53.6 Å². The van der Waals surface area contributed by atoms with Gasteiger partial charge in [0, 0.05) is 31.9 Å². The van der Waals surface area contributed by atoms with Gasteiger partial charge in [0.15, 0.2) is 0 Å². The number of likely N-dealkylation sites (N-methyl/N-ethyl adjacent to an activating group) is 1. The first-order valence-electron chi connectivity index (χ1n) is 17.9. The third-order valence-electron chi connectivity index (χ3n) is 8.93. The fourth-order valence-corrected chi connectivity index (χ4v) is 6.08. The minimum Gasteiger partial charge on any atom is -0.507 e. The lowest BCUT2D eigenvalue weighted by Crippen LogP contribution is -2.52. The summed E-state index contributed by atoms with van der Waals surface area (Å²) in [5.41, 5.74) is 2.07. The van der Waals surface area contributed by atoms with Crippen LogP contribution in [0.4, 0.5) is 0 Å². The van der Waals surface area contributed by atoms with E-state index in [0.717, 1.165) is 33.2 Å². The van der Waals surface area contributed by atoms with Crippen LogP contribution in [0.25, 0.3) is 11.1 Å². The SMILES string of the molecule is CCCCCCCCCCCCCC(=O)NCC(=O)N(C)C1C(=O)NCC(=O)NC(C(=O)NC[B]O)Cc2cccc(c2)-c2cc1ccc2O. The number of hydrogen-bond acceptors (Lipinski definition) is 7. The highest BCUT2D eigenvalue weighted by Crippen LogP contribution is 2.34. The van der Waals surface area contributed by atoms with Gasteiger partial charge >= 0.3 is 7.48 Å². The Hall–Kier alpha value is -4.39. The average Bonchev–Trinajstić information content (AvgIpc) is 3.11. The molecule has 4 bridgehead atoms. The molecule has 12 nitrogen and oxygen atoms in total. The van der Waals surface area contributed by atoms with Crippen LogP contribution in [0, 0.1) is 0 Å². The Kier molecular flexibility index (Phi) is 17.3. The molecule has 2 unspecified atom stereocenters. The number of nitrogens with zero attached hydrogens (tertiary/aromatic N) is 1. The van der Waals surface area contributed by atoms with E-state index in [1.807, 2.05) is 0 Å². The van der Waals surface area contributed by atoms with Gasteiger partial charge in [0.1, 0.15) is 17.8 Å². The number of phenolic OH excluding ortho intramolecular Hbond substituents is 1. The molecule has 271 valence electrons. The first-order valence-corrected chi connectivity index (χ1v) is 17.9. The molecule has 1 heterocycles. The number of rotatable bonds is 18. The van der Waals surface area contributed by atoms with Crippen molar-refractivity contribution in [1.29, 1.82) is 0 Å². The second-order valence-electron chi connectivity index (χ2n) is 12.9. The van der Waals surface area contributed by atoms with E-state index in [4.69, 9.17) is 5.02 Å². The van der Waals surface area contributed by atoms with Gasteiger partial charge in [-0.3, -0.25) is 24.0 Å². The van der Waals surface area contributed by atoms with Gasteiger partial charge in [-0.1, -0.05) is 101 Å².